The van der Waals surface area contributed by atoms with E-state index in [0.29, 0.717) is 39.8 Å². The summed E-state index contributed by atoms with van der Waals surface area (Å²) >= 11 is 7.83. The van der Waals surface area contributed by atoms with Gasteiger partial charge in [-0.3, -0.25) is 0 Å². The SMILES string of the molecule is CCCCOC(=O)C1=C(C)Nc2nc(SCc3ccccc3Cl)nn2C1c1c[nH]c2ccccc12. The highest BCUT2D eigenvalue weighted by atomic mass is 35.5. The molecule has 0 radical (unpaired) electrons. The summed E-state index contributed by atoms with van der Waals surface area (Å²) in [5, 5.41) is 10.4. The lowest BCUT2D eigenvalue weighted by Crippen LogP contribution is -2.29. The Morgan fingerprint density at radius 1 is 1.20 bits per heavy atom. The number of hydrogen-bond acceptors (Lipinski definition) is 6. The highest BCUT2D eigenvalue weighted by Gasteiger charge is 2.36. The van der Waals surface area contributed by atoms with Crippen molar-refractivity contribution in [2.45, 2.75) is 43.6 Å². The Labute approximate surface area is 212 Å². The fourth-order valence-corrected chi connectivity index (χ4v) is 5.32. The molecule has 180 valence electrons. The lowest BCUT2D eigenvalue weighted by atomic mass is 9.95. The van der Waals surface area contributed by atoms with E-state index in [4.69, 9.17) is 26.4 Å². The predicted molar refractivity (Wildman–Crippen MR) is 140 cm³/mol. The number of esters is 1. The van der Waals surface area contributed by atoms with E-state index in [1.54, 1.807) is 4.68 Å². The van der Waals surface area contributed by atoms with Crippen LogP contribution < -0.4 is 5.32 Å². The standard InChI is InChI=1S/C26H26ClN5O2S/c1-3-4-13-34-24(33)22-16(2)29-25-30-26(35-15-17-9-5-7-11-20(17)27)31-32(25)23(22)19-14-28-21-12-8-6-10-18(19)21/h5-12,14,23,28H,3-4,13,15H2,1-2H3,(H,29,30,31). The fourth-order valence-electron chi connectivity index (χ4n) is 4.21. The van der Waals surface area contributed by atoms with Crippen LogP contribution in [0.2, 0.25) is 5.02 Å². The molecular weight excluding hydrogens is 482 g/mol. The average molecular weight is 508 g/mol. The first-order valence-electron chi connectivity index (χ1n) is 11.6. The number of carbonyl (C=O) groups excluding carboxylic acids is 1. The number of thioether (sulfide) groups is 1. The van der Waals surface area contributed by atoms with Gasteiger partial charge in [0.1, 0.15) is 6.04 Å². The molecule has 4 aromatic rings. The number of nitrogens with zero attached hydrogens (tertiary/aromatic N) is 3. The van der Waals surface area contributed by atoms with Gasteiger partial charge in [0.2, 0.25) is 11.1 Å². The second-order valence-corrected chi connectivity index (χ2v) is 9.74. The van der Waals surface area contributed by atoms with Gasteiger partial charge >= 0.3 is 5.97 Å². The van der Waals surface area contributed by atoms with Gasteiger partial charge in [-0.15, -0.1) is 5.10 Å². The number of fused-ring (bicyclic) bond motifs is 2. The van der Waals surface area contributed by atoms with E-state index in [1.807, 2.05) is 61.7 Å². The summed E-state index contributed by atoms with van der Waals surface area (Å²) in [5.41, 5.74) is 4.20. The molecule has 7 nitrogen and oxygen atoms in total. The first-order valence-corrected chi connectivity index (χ1v) is 13.0. The van der Waals surface area contributed by atoms with Crippen molar-refractivity contribution in [2.24, 2.45) is 0 Å². The Kier molecular flexibility index (Phi) is 6.83. The van der Waals surface area contributed by atoms with E-state index in [0.717, 1.165) is 34.9 Å². The molecule has 0 aliphatic carbocycles. The quantitative estimate of drug-likeness (QED) is 0.164. The maximum Gasteiger partial charge on any atom is 0.338 e. The minimum atomic E-state index is -0.473. The molecule has 1 atom stereocenters. The predicted octanol–water partition coefficient (Wildman–Crippen LogP) is 6.34. The van der Waals surface area contributed by atoms with Gasteiger partial charge in [-0.05, 0) is 31.0 Å². The summed E-state index contributed by atoms with van der Waals surface area (Å²) in [4.78, 5) is 21.3. The van der Waals surface area contributed by atoms with Crippen LogP contribution >= 0.6 is 23.4 Å². The second-order valence-electron chi connectivity index (χ2n) is 8.39. The van der Waals surface area contributed by atoms with Crippen molar-refractivity contribution in [3.63, 3.8) is 0 Å². The zero-order valence-corrected chi connectivity index (χ0v) is 21.1. The summed E-state index contributed by atoms with van der Waals surface area (Å²) in [6.07, 6.45) is 3.71. The minimum absolute atomic E-state index is 0.342. The number of halogens is 1. The molecule has 0 saturated carbocycles. The van der Waals surface area contributed by atoms with E-state index in [2.05, 4.69) is 17.2 Å². The van der Waals surface area contributed by atoms with Crippen LogP contribution in [0.5, 0.6) is 0 Å². The topological polar surface area (TPSA) is 84.8 Å². The number of ether oxygens (including phenoxy) is 1. The van der Waals surface area contributed by atoms with Gasteiger partial charge in [-0.1, -0.05) is 73.1 Å². The third-order valence-electron chi connectivity index (χ3n) is 6.01. The summed E-state index contributed by atoms with van der Waals surface area (Å²) in [7, 11) is 0. The lowest BCUT2D eigenvalue weighted by molar-refractivity contribution is -0.139. The molecular formula is C26H26ClN5O2S. The van der Waals surface area contributed by atoms with Gasteiger partial charge < -0.3 is 15.0 Å². The summed E-state index contributed by atoms with van der Waals surface area (Å²) in [5.74, 6) is 0.883. The molecule has 5 rings (SSSR count). The van der Waals surface area contributed by atoms with Crippen LogP contribution in [0, 0.1) is 0 Å². The third-order valence-corrected chi connectivity index (χ3v) is 7.27. The zero-order valence-electron chi connectivity index (χ0n) is 19.5. The minimum Gasteiger partial charge on any atom is -0.462 e. The maximum atomic E-state index is 13.3. The second kappa shape index (κ2) is 10.2. The Balaban J connectivity index is 1.53. The molecule has 0 amide bonds. The van der Waals surface area contributed by atoms with Crippen LogP contribution in [-0.2, 0) is 15.3 Å². The molecule has 0 fully saturated rings. The third kappa shape index (κ3) is 4.68. The molecule has 0 bridgehead atoms. The number of allylic oxidation sites excluding steroid dienone is 1. The number of anilines is 1. The normalized spacial score (nSPS) is 15.2. The van der Waals surface area contributed by atoms with E-state index in [-0.39, 0.29) is 5.97 Å². The Hall–Kier alpha value is -3.23. The first-order chi connectivity index (χ1) is 17.1. The van der Waals surface area contributed by atoms with E-state index < -0.39 is 6.04 Å². The van der Waals surface area contributed by atoms with Crippen molar-refractivity contribution in [1.29, 1.82) is 0 Å². The van der Waals surface area contributed by atoms with E-state index in [1.165, 1.54) is 11.8 Å². The van der Waals surface area contributed by atoms with Crippen LogP contribution in [0.25, 0.3) is 10.9 Å². The number of hydrogen-bond donors (Lipinski definition) is 2. The van der Waals surface area contributed by atoms with Crippen LogP contribution in [0.3, 0.4) is 0 Å². The van der Waals surface area contributed by atoms with Gasteiger partial charge in [-0.25, -0.2) is 9.48 Å². The number of H-pyrrole nitrogens is 1. The van der Waals surface area contributed by atoms with Gasteiger partial charge in [0.25, 0.3) is 0 Å². The number of aromatic nitrogens is 4. The van der Waals surface area contributed by atoms with Crippen molar-refractivity contribution in [2.75, 3.05) is 11.9 Å². The van der Waals surface area contributed by atoms with Gasteiger partial charge in [0.15, 0.2) is 0 Å². The molecule has 2 aromatic carbocycles. The smallest absolute Gasteiger partial charge is 0.338 e. The molecule has 35 heavy (non-hydrogen) atoms. The number of nitrogens with one attached hydrogen (secondary N) is 2. The van der Waals surface area contributed by atoms with Crippen molar-refractivity contribution in [1.82, 2.24) is 19.7 Å². The lowest BCUT2D eigenvalue weighted by Gasteiger charge is -2.27. The van der Waals surface area contributed by atoms with Crippen molar-refractivity contribution >= 4 is 46.2 Å². The molecule has 2 aromatic heterocycles. The molecule has 0 spiro atoms. The van der Waals surface area contributed by atoms with E-state index in [9.17, 15) is 4.79 Å². The van der Waals surface area contributed by atoms with Gasteiger partial charge in [0.05, 0.1) is 12.2 Å². The van der Waals surface area contributed by atoms with Gasteiger partial charge in [-0.2, -0.15) is 4.98 Å². The number of carbonyl (C=O) groups is 1. The Morgan fingerprint density at radius 2 is 2.00 bits per heavy atom. The molecule has 1 aliphatic heterocycles. The van der Waals surface area contributed by atoms with E-state index >= 15 is 0 Å². The largest absolute Gasteiger partial charge is 0.462 e. The summed E-state index contributed by atoms with van der Waals surface area (Å²) in [6, 6.07) is 15.3. The highest BCUT2D eigenvalue weighted by Crippen LogP contribution is 2.39. The first kappa shape index (κ1) is 23.5. The average Bonchev–Trinajstić information content (AvgIpc) is 3.46. The van der Waals surface area contributed by atoms with Crippen LogP contribution in [0.4, 0.5) is 5.95 Å². The maximum absolute atomic E-state index is 13.3. The summed E-state index contributed by atoms with van der Waals surface area (Å²) < 4.78 is 7.43. The number of rotatable bonds is 8. The van der Waals surface area contributed by atoms with Crippen LogP contribution in [0.1, 0.15) is 43.9 Å². The highest BCUT2D eigenvalue weighted by molar-refractivity contribution is 7.98. The number of unbranched alkanes of at least 4 members (excludes halogenated alkanes) is 1. The van der Waals surface area contributed by atoms with Gasteiger partial charge in [0, 0.05) is 39.1 Å². The van der Waals surface area contributed by atoms with Crippen molar-refractivity contribution in [3.05, 3.63) is 82.1 Å². The zero-order chi connectivity index (χ0) is 24.4. The summed E-state index contributed by atoms with van der Waals surface area (Å²) in [6.45, 7) is 4.33. The number of benzene rings is 2. The number of aromatic amines is 1. The fraction of sp³-hybridized carbons (Fsp3) is 0.269. The molecule has 2 N–H and O–H groups in total. The van der Waals surface area contributed by atoms with Crippen LogP contribution in [-0.4, -0.2) is 32.3 Å². The molecule has 1 unspecified atom stereocenters. The van der Waals surface area contributed by atoms with Crippen LogP contribution in [0.15, 0.2) is 71.2 Å². The van der Waals surface area contributed by atoms with Crippen molar-refractivity contribution < 1.29 is 9.53 Å². The Morgan fingerprint density at radius 3 is 2.83 bits per heavy atom. The van der Waals surface area contributed by atoms with Crippen molar-refractivity contribution in [3.8, 4) is 0 Å². The Bertz CT molecular complexity index is 1410. The number of para-hydroxylation sites is 1. The molecule has 3 heterocycles. The monoisotopic (exact) mass is 507 g/mol. The molecule has 1 aliphatic rings. The molecule has 0 saturated heterocycles. The molecule has 9 heteroatoms.